The Bertz CT molecular complexity index is 441. The monoisotopic (exact) mass is 317 g/mol. The molecule has 1 unspecified atom stereocenters. The minimum atomic E-state index is -0.343. The van der Waals surface area contributed by atoms with Gasteiger partial charge in [0.05, 0.1) is 4.47 Å². The Labute approximate surface area is 113 Å². The number of halogens is 2. The average Bonchev–Trinajstić information content (AvgIpc) is 2.32. The fourth-order valence-corrected chi connectivity index (χ4v) is 3.21. The van der Waals surface area contributed by atoms with E-state index in [4.69, 9.17) is 0 Å². The van der Waals surface area contributed by atoms with Gasteiger partial charge in [0.2, 0.25) is 0 Å². The number of hydrogen-bond donors (Lipinski definition) is 0. The van der Waals surface area contributed by atoms with Crippen molar-refractivity contribution < 1.29 is 9.18 Å². The number of nitrogens with zero attached hydrogens (tertiary/aromatic N) is 1. The highest BCUT2D eigenvalue weighted by molar-refractivity contribution is 9.10. The van der Waals surface area contributed by atoms with Gasteiger partial charge in [-0.2, -0.15) is 11.8 Å². The molecule has 0 aliphatic carbocycles. The van der Waals surface area contributed by atoms with Crippen LogP contribution >= 0.6 is 27.7 Å². The number of hydrogen-bond acceptors (Lipinski definition) is 2. The molecule has 2 rings (SSSR count). The summed E-state index contributed by atoms with van der Waals surface area (Å²) in [4.78, 5) is 14.0. The molecule has 1 aromatic rings. The van der Waals surface area contributed by atoms with Crippen molar-refractivity contribution in [2.75, 3.05) is 18.8 Å². The zero-order valence-electron chi connectivity index (χ0n) is 9.45. The van der Waals surface area contributed by atoms with Gasteiger partial charge in [-0.3, -0.25) is 4.79 Å². The number of thioether (sulfide) groups is 1. The molecule has 0 saturated carbocycles. The van der Waals surface area contributed by atoms with Gasteiger partial charge in [-0.25, -0.2) is 4.39 Å². The molecule has 0 spiro atoms. The summed E-state index contributed by atoms with van der Waals surface area (Å²) in [6.45, 7) is 3.64. The largest absolute Gasteiger partial charge is 0.337 e. The highest BCUT2D eigenvalue weighted by atomic mass is 79.9. The maximum atomic E-state index is 13.1. The summed E-state index contributed by atoms with van der Waals surface area (Å²) in [7, 11) is 0. The Balaban J connectivity index is 2.15. The van der Waals surface area contributed by atoms with E-state index in [1.165, 1.54) is 12.1 Å². The highest BCUT2D eigenvalue weighted by Crippen LogP contribution is 2.22. The second-order valence-electron chi connectivity index (χ2n) is 4.06. The van der Waals surface area contributed by atoms with Crippen molar-refractivity contribution in [3.63, 3.8) is 0 Å². The Morgan fingerprint density at radius 1 is 1.59 bits per heavy atom. The number of carbonyl (C=O) groups is 1. The van der Waals surface area contributed by atoms with E-state index in [2.05, 4.69) is 22.9 Å². The summed E-state index contributed by atoms with van der Waals surface area (Å²) in [6.07, 6.45) is 0. The first-order valence-electron chi connectivity index (χ1n) is 5.44. The lowest BCUT2D eigenvalue weighted by Crippen LogP contribution is -2.41. The predicted octanol–water partition coefficient (Wildman–Crippen LogP) is 3.17. The number of benzene rings is 1. The molecule has 1 aromatic carbocycles. The van der Waals surface area contributed by atoms with Crippen LogP contribution in [-0.2, 0) is 0 Å². The van der Waals surface area contributed by atoms with Crippen LogP contribution in [0.1, 0.15) is 17.3 Å². The summed E-state index contributed by atoms with van der Waals surface area (Å²) < 4.78 is 13.4. The molecule has 1 fully saturated rings. The first kappa shape index (κ1) is 12.9. The van der Waals surface area contributed by atoms with Crippen molar-refractivity contribution in [3.05, 3.63) is 34.1 Å². The first-order chi connectivity index (χ1) is 8.08. The standard InChI is InChI=1S/C12H13BrFNOS/c1-8-7-15(4-5-17-8)12(16)9-2-3-11(14)10(13)6-9/h2-3,6,8H,4-5,7H2,1H3. The SMILES string of the molecule is CC1CN(C(=O)c2ccc(F)c(Br)c2)CCS1. The van der Waals surface area contributed by atoms with Crippen LogP contribution in [0.2, 0.25) is 0 Å². The fourth-order valence-electron chi connectivity index (χ4n) is 1.81. The Morgan fingerprint density at radius 3 is 3.00 bits per heavy atom. The zero-order chi connectivity index (χ0) is 12.4. The average molecular weight is 318 g/mol. The van der Waals surface area contributed by atoms with Gasteiger partial charge in [0.1, 0.15) is 5.82 Å². The third-order valence-corrected chi connectivity index (χ3v) is 4.44. The predicted molar refractivity (Wildman–Crippen MR) is 71.9 cm³/mol. The summed E-state index contributed by atoms with van der Waals surface area (Å²) in [5, 5.41) is 0.469. The van der Waals surface area contributed by atoms with Gasteiger partial charge >= 0.3 is 0 Å². The molecule has 0 aromatic heterocycles. The molecule has 1 atom stereocenters. The molecule has 2 nitrogen and oxygen atoms in total. The van der Waals surface area contributed by atoms with E-state index >= 15 is 0 Å². The Hall–Kier alpha value is -0.550. The zero-order valence-corrected chi connectivity index (χ0v) is 11.9. The van der Waals surface area contributed by atoms with Gasteiger partial charge in [0.15, 0.2) is 0 Å². The van der Waals surface area contributed by atoms with Gasteiger partial charge in [-0.1, -0.05) is 6.92 Å². The van der Waals surface area contributed by atoms with E-state index in [1.807, 2.05) is 16.7 Å². The fraction of sp³-hybridized carbons (Fsp3) is 0.417. The van der Waals surface area contributed by atoms with E-state index in [1.54, 1.807) is 6.07 Å². The van der Waals surface area contributed by atoms with Gasteiger partial charge in [0.25, 0.3) is 5.91 Å². The lowest BCUT2D eigenvalue weighted by atomic mass is 10.2. The second kappa shape index (κ2) is 5.40. The van der Waals surface area contributed by atoms with Gasteiger partial charge < -0.3 is 4.90 Å². The molecular weight excluding hydrogens is 305 g/mol. The molecule has 1 saturated heterocycles. The van der Waals surface area contributed by atoms with E-state index in [0.717, 1.165) is 18.8 Å². The van der Waals surface area contributed by atoms with Crippen LogP contribution in [0.3, 0.4) is 0 Å². The van der Waals surface area contributed by atoms with Crippen LogP contribution in [0.25, 0.3) is 0 Å². The molecule has 0 radical (unpaired) electrons. The van der Waals surface area contributed by atoms with Crippen LogP contribution in [0.5, 0.6) is 0 Å². The molecule has 0 N–H and O–H groups in total. The highest BCUT2D eigenvalue weighted by Gasteiger charge is 2.22. The maximum absolute atomic E-state index is 13.1. The molecule has 5 heteroatoms. The quantitative estimate of drug-likeness (QED) is 0.793. The maximum Gasteiger partial charge on any atom is 0.253 e. The second-order valence-corrected chi connectivity index (χ2v) is 6.46. The third kappa shape index (κ3) is 3.01. The van der Waals surface area contributed by atoms with Gasteiger partial charge in [-0.05, 0) is 34.1 Å². The lowest BCUT2D eigenvalue weighted by molar-refractivity contribution is 0.0763. The minimum Gasteiger partial charge on any atom is -0.337 e. The lowest BCUT2D eigenvalue weighted by Gasteiger charge is -2.30. The minimum absolute atomic E-state index is 0.0159. The number of rotatable bonds is 1. The van der Waals surface area contributed by atoms with E-state index < -0.39 is 0 Å². The molecule has 17 heavy (non-hydrogen) atoms. The molecule has 1 aliphatic heterocycles. The van der Waals surface area contributed by atoms with Crippen LogP contribution in [-0.4, -0.2) is 34.9 Å². The topological polar surface area (TPSA) is 20.3 Å². The normalized spacial score (nSPS) is 20.4. The summed E-state index contributed by atoms with van der Waals surface area (Å²) >= 11 is 4.98. The summed E-state index contributed by atoms with van der Waals surface area (Å²) in [5.41, 5.74) is 0.539. The van der Waals surface area contributed by atoms with E-state index in [0.29, 0.717) is 15.3 Å². The Morgan fingerprint density at radius 2 is 2.35 bits per heavy atom. The van der Waals surface area contributed by atoms with Gasteiger partial charge in [-0.15, -0.1) is 0 Å². The van der Waals surface area contributed by atoms with Crippen molar-refractivity contribution in [2.45, 2.75) is 12.2 Å². The summed E-state index contributed by atoms with van der Waals surface area (Å²) in [6, 6.07) is 4.40. The van der Waals surface area contributed by atoms with E-state index in [9.17, 15) is 9.18 Å². The summed E-state index contributed by atoms with van der Waals surface area (Å²) in [5.74, 6) is 0.608. The molecule has 1 aliphatic rings. The Kier molecular flexibility index (Phi) is 4.09. The van der Waals surface area contributed by atoms with Crippen LogP contribution in [0.15, 0.2) is 22.7 Å². The molecule has 1 heterocycles. The van der Waals surface area contributed by atoms with Crippen LogP contribution < -0.4 is 0 Å². The third-order valence-electron chi connectivity index (χ3n) is 2.69. The first-order valence-corrected chi connectivity index (χ1v) is 7.28. The van der Waals surface area contributed by atoms with Crippen molar-refractivity contribution >= 4 is 33.6 Å². The van der Waals surface area contributed by atoms with Crippen molar-refractivity contribution in [1.29, 1.82) is 0 Å². The van der Waals surface area contributed by atoms with Crippen molar-refractivity contribution in [2.24, 2.45) is 0 Å². The van der Waals surface area contributed by atoms with Gasteiger partial charge in [0, 0.05) is 29.7 Å². The number of amides is 1. The van der Waals surface area contributed by atoms with E-state index in [-0.39, 0.29) is 11.7 Å². The van der Waals surface area contributed by atoms with Crippen LogP contribution in [0.4, 0.5) is 4.39 Å². The molecule has 0 bridgehead atoms. The number of carbonyl (C=O) groups excluding carboxylic acids is 1. The van der Waals surface area contributed by atoms with Crippen molar-refractivity contribution in [1.82, 2.24) is 4.90 Å². The molecule has 92 valence electrons. The molecular formula is C12H13BrFNOS. The van der Waals surface area contributed by atoms with Crippen molar-refractivity contribution in [3.8, 4) is 0 Å². The smallest absolute Gasteiger partial charge is 0.253 e. The molecule has 1 amide bonds. The van der Waals surface area contributed by atoms with Crippen LogP contribution in [0, 0.1) is 5.82 Å².